The number of nitrogens with zero attached hydrogens (tertiary/aromatic N) is 6. The highest BCUT2D eigenvalue weighted by Gasteiger charge is 2.44. The summed E-state index contributed by atoms with van der Waals surface area (Å²) in [6, 6.07) is 5.56. The molecule has 4 rings (SSSR count). The van der Waals surface area contributed by atoms with E-state index in [9.17, 15) is 10.1 Å². The van der Waals surface area contributed by atoms with Crippen LogP contribution in [0.3, 0.4) is 0 Å². The lowest BCUT2D eigenvalue weighted by molar-refractivity contribution is 0.0714. The summed E-state index contributed by atoms with van der Waals surface area (Å²) >= 11 is 0. The highest BCUT2D eigenvalue weighted by Crippen LogP contribution is 2.40. The number of pyridine rings is 2. The molecule has 0 aliphatic carbocycles. The van der Waals surface area contributed by atoms with Crippen molar-refractivity contribution in [2.75, 3.05) is 32.2 Å². The summed E-state index contributed by atoms with van der Waals surface area (Å²) in [6.07, 6.45) is 9.39. The van der Waals surface area contributed by atoms with Crippen LogP contribution in [-0.2, 0) is 0 Å². The molecule has 0 aromatic carbocycles. The predicted octanol–water partition coefficient (Wildman–Crippen LogP) is 2.03. The van der Waals surface area contributed by atoms with E-state index in [4.69, 9.17) is 15.2 Å². The van der Waals surface area contributed by atoms with E-state index in [-0.39, 0.29) is 23.8 Å². The Hall–Kier alpha value is -4.13. The maximum Gasteiger partial charge on any atom is 0.261 e. The molecule has 33 heavy (non-hydrogen) atoms. The van der Waals surface area contributed by atoms with E-state index >= 15 is 0 Å². The lowest BCUT2D eigenvalue weighted by Gasteiger charge is -2.42. The number of ether oxygens (including phenoxy) is 2. The maximum atomic E-state index is 13.6. The second kappa shape index (κ2) is 9.56. The average Bonchev–Trinajstić information content (AvgIpc) is 3.11. The van der Waals surface area contributed by atoms with Crippen LogP contribution in [0.4, 0.5) is 11.6 Å². The molecule has 170 valence electrons. The van der Waals surface area contributed by atoms with Gasteiger partial charge in [0, 0.05) is 43.8 Å². The summed E-state index contributed by atoms with van der Waals surface area (Å²) in [4.78, 5) is 30.7. The Kier molecular flexibility index (Phi) is 6.40. The molecule has 0 radical (unpaired) electrons. The van der Waals surface area contributed by atoms with Crippen molar-refractivity contribution >= 4 is 23.8 Å². The van der Waals surface area contributed by atoms with Crippen molar-refractivity contribution in [1.29, 1.82) is 5.26 Å². The van der Waals surface area contributed by atoms with Crippen molar-refractivity contribution in [3.8, 4) is 17.6 Å². The molecule has 1 amide bonds. The van der Waals surface area contributed by atoms with E-state index in [0.717, 1.165) is 12.8 Å². The summed E-state index contributed by atoms with van der Waals surface area (Å²) in [7, 11) is 3.06. The number of piperazine rings is 1. The van der Waals surface area contributed by atoms with Gasteiger partial charge in [0.2, 0.25) is 0 Å². The minimum Gasteiger partial charge on any atom is -0.496 e. The third-order valence-electron chi connectivity index (χ3n) is 5.94. The first-order valence-electron chi connectivity index (χ1n) is 10.6. The molecule has 2 saturated heterocycles. The molecule has 2 bridgehead atoms. The number of anilines is 1. The number of aromatic nitrogens is 2. The number of likely N-dealkylation sites (tertiary alicyclic amines) is 1. The fraction of sp³-hybridized carbons (Fsp3) is 0.348. The summed E-state index contributed by atoms with van der Waals surface area (Å²) in [6.45, 7) is 1.00. The van der Waals surface area contributed by atoms with Gasteiger partial charge in [0.25, 0.3) is 5.91 Å². The number of aliphatic imine (C=N–C) groups is 1. The second-order valence-corrected chi connectivity index (χ2v) is 7.70. The molecule has 2 aliphatic rings. The number of fused-ring (bicyclic) bond motifs is 2. The molecule has 2 aliphatic heterocycles. The number of nitriles is 1. The highest BCUT2D eigenvalue weighted by atomic mass is 16.5. The van der Waals surface area contributed by atoms with Crippen molar-refractivity contribution in [2.24, 2.45) is 10.7 Å². The van der Waals surface area contributed by atoms with Crippen LogP contribution in [-0.4, -0.2) is 66.4 Å². The van der Waals surface area contributed by atoms with E-state index in [2.05, 4.69) is 25.9 Å². The first-order valence-corrected chi connectivity index (χ1v) is 10.6. The fourth-order valence-electron chi connectivity index (χ4n) is 4.55. The maximum absolute atomic E-state index is 13.6. The predicted molar refractivity (Wildman–Crippen MR) is 123 cm³/mol. The standard InChI is InChI=1S/C23H25N7O3/c1-32-18-7-11-27-21(26-9-3-8-24)19(18)23(31)29-13-16-4-5-17(14-29)30(16)22-20(33-2)15(12-25)6-10-28-22/h3,6-11,16-17H,4-5,13-14,24H2,1-2H3. The zero-order valence-electron chi connectivity index (χ0n) is 18.5. The molecule has 4 heterocycles. The van der Waals surface area contributed by atoms with Gasteiger partial charge >= 0.3 is 0 Å². The molecular formula is C23H25N7O3. The number of amides is 1. The summed E-state index contributed by atoms with van der Waals surface area (Å²) in [5, 5.41) is 9.44. The largest absolute Gasteiger partial charge is 0.496 e. The molecule has 10 nitrogen and oxygen atoms in total. The number of carbonyl (C=O) groups is 1. The van der Waals surface area contributed by atoms with Gasteiger partial charge in [-0.15, -0.1) is 0 Å². The van der Waals surface area contributed by atoms with Crippen molar-refractivity contribution < 1.29 is 14.3 Å². The van der Waals surface area contributed by atoms with Gasteiger partial charge in [0.15, 0.2) is 17.4 Å². The molecule has 2 fully saturated rings. The molecule has 2 aromatic heterocycles. The van der Waals surface area contributed by atoms with Gasteiger partial charge in [0.05, 0.1) is 19.8 Å². The lowest BCUT2D eigenvalue weighted by atomic mass is 10.1. The zero-order valence-corrected chi connectivity index (χ0v) is 18.5. The number of carbonyl (C=O) groups excluding carboxylic acids is 1. The SMILES string of the molecule is COc1ccnc(N=CC=CN)c1C(=O)N1CC2CCC(C1)N2c1nccc(C#N)c1OC. The van der Waals surface area contributed by atoms with Crippen LogP contribution in [0.25, 0.3) is 0 Å². The average molecular weight is 447 g/mol. The van der Waals surface area contributed by atoms with Gasteiger partial charge in [-0.1, -0.05) is 0 Å². The zero-order chi connectivity index (χ0) is 23.4. The highest BCUT2D eigenvalue weighted by molar-refractivity contribution is 6.01. The van der Waals surface area contributed by atoms with Gasteiger partial charge in [-0.3, -0.25) is 4.79 Å². The van der Waals surface area contributed by atoms with E-state index < -0.39 is 0 Å². The molecule has 2 unspecified atom stereocenters. The molecule has 2 N–H and O–H groups in total. The summed E-state index contributed by atoms with van der Waals surface area (Å²) in [5.41, 5.74) is 6.13. The number of allylic oxidation sites excluding steroid dienone is 1. The molecule has 2 atom stereocenters. The quantitative estimate of drug-likeness (QED) is 0.666. The van der Waals surface area contributed by atoms with Gasteiger partial charge in [0.1, 0.15) is 17.4 Å². The number of hydrogen-bond acceptors (Lipinski definition) is 9. The topological polar surface area (TPSA) is 130 Å². The monoisotopic (exact) mass is 447 g/mol. The normalized spacial score (nSPS) is 19.8. The van der Waals surface area contributed by atoms with Gasteiger partial charge in [-0.25, -0.2) is 15.0 Å². The second-order valence-electron chi connectivity index (χ2n) is 7.70. The number of methoxy groups -OCH3 is 2. The van der Waals surface area contributed by atoms with E-state index in [1.165, 1.54) is 19.5 Å². The minimum atomic E-state index is -0.189. The van der Waals surface area contributed by atoms with Crippen molar-refractivity contribution in [2.45, 2.75) is 24.9 Å². The van der Waals surface area contributed by atoms with Crippen molar-refractivity contribution in [3.63, 3.8) is 0 Å². The van der Waals surface area contributed by atoms with E-state index in [0.29, 0.717) is 41.5 Å². The Morgan fingerprint density at radius 2 is 1.94 bits per heavy atom. The van der Waals surface area contributed by atoms with Crippen molar-refractivity contribution in [3.05, 3.63) is 47.9 Å². The molecule has 10 heteroatoms. The minimum absolute atomic E-state index is 0.0535. The third-order valence-corrected chi connectivity index (χ3v) is 5.94. The Labute approximate surface area is 192 Å². The number of hydrogen-bond donors (Lipinski definition) is 1. The molecular weight excluding hydrogens is 422 g/mol. The molecule has 0 spiro atoms. The Morgan fingerprint density at radius 1 is 1.21 bits per heavy atom. The fourth-order valence-corrected chi connectivity index (χ4v) is 4.55. The van der Waals surface area contributed by atoms with E-state index in [1.807, 2.05) is 4.90 Å². The Morgan fingerprint density at radius 3 is 2.58 bits per heavy atom. The van der Waals surface area contributed by atoms with Crippen LogP contribution in [0.15, 0.2) is 41.8 Å². The third kappa shape index (κ3) is 4.05. The number of nitrogens with two attached hydrogens (primary N) is 1. The van der Waals surface area contributed by atoms with Crippen LogP contribution in [0.1, 0.15) is 28.8 Å². The van der Waals surface area contributed by atoms with Crippen LogP contribution in [0.5, 0.6) is 11.5 Å². The van der Waals surface area contributed by atoms with Crippen LogP contribution in [0.2, 0.25) is 0 Å². The lowest BCUT2D eigenvalue weighted by Crippen LogP contribution is -2.55. The van der Waals surface area contributed by atoms with Gasteiger partial charge in [-0.05, 0) is 37.3 Å². The van der Waals surface area contributed by atoms with Crippen molar-refractivity contribution in [1.82, 2.24) is 14.9 Å². The summed E-state index contributed by atoms with van der Waals surface area (Å²) < 4.78 is 11.0. The summed E-state index contributed by atoms with van der Waals surface area (Å²) in [5.74, 6) is 1.62. The molecule has 0 saturated carbocycles. The Balaban J connectivity index is 1.64. The Bertz CT molecular complexity index is 1130. The van der Waals surface area contributed by atoms with Crippen LogP contribution in [0, 0.1) is 11.3 Å². The smallest absolute Gasteiger partial charge is 0.261 e. The first kappa shape index (κ1) is 22.1. The van der Waals surface area contributed by atoms with Gasteiger partial charge in [-0.2, -0.15) is 5.26 Å². The van der Waals surface area contributed by atoms with Gasteiger partial charge < -0.3 is 25.0 Å². The van der Waals surface area contributed by atoms with E-state index in [1.54, 1.807) is 37.7 Å². The first-order chi connectivity index (χ1) is 16.1. The molecule has 2 aromatic rings. The number of rotatable bonds is 6. The van der Waals surface area contributed by atoms with Crippen LogP contribution < -0.4 is 20.1 Å². The van der Waals surface area contributed by atoms with Crippen LogP contribution >= 0.6 is 0 Å².